The fraction of sp³-hybridized carbons (Fsp3) is 0.350. The smallest absolute Gasteiger partial charge is 0.279 e. The Balaban J connectivity index is 1.46. The number of carbonyl (C=O) groups excluding carboxylic acids is 1. The first-order chi connectivity index (χ1) is 13.5. The summed E-state index contributed by atoms with van der Waals surface area (Å²) in [4.78, 5) is 14.6. The Kier molecular flexibility index (Phi) is 6.53. The molecular formula is C20H24F3N3O2+2. The lowest BCUT2D eigenvalue weighted by Gasteiger charge is -2.29. The summed E-state index contributed by atoms with van der Waals surface area (Å²) < 4.78 is 45.0. The van der Waals surface area contributed by atoms with Crippen molar-refractivity contribution < 1.29 is 32.5 Å². The number of amides is 1. The van der Waals surface area contributed by atoms with Crippen LogP contribution in [0, 0.1) is 17.5 Å². The molecule has 3 N–H and O–H groups in total. The maximum Gasteiger partial charge on any atom is 0.279 e. The molecule has 150 valence electrons. The molecule has 0 bridgehead atoms. The van der Waals surface area contributed by atoms with Gasteiger partial charge in [0, 0.05) is 5.56 Å². The number of methoxy groups -OCH3 is 1. The third kappa shape index (κ3) is 5.02. The molecule has 0 radical (unpaired) electrons. The highest BCUT2D eigenvalue weighted by atomic mass is 19.2. The zero-order chi connectivity index (χ0) is 20.1. The number of ether oxygens (including phenoxy) is 1. The molecular weight excluding hydrogens is 371 g/mol. The summed E-state index contributed by atoms with van der Waals surface area (Å²) in [6.45, 7) is 4.50. The van der Waals surface area contributed by atoms with E-state index in [9.17, 15) is 18.0 Å². The molecule has 1 aliphatic heterocycles. The number of halogens is 3. The van der Waals surface area contributed by atoms with Gasteiger partial charge in [-0.05, 0) is 36.4 Å². The Morgan fingerprint density at radius 3 is 2.25 bits per heavy atom. The standard InChI is InChI=1S/C20H22F3N3O2/c1-28-15-4-2-14(3-5-15)12-25-8-10-26(11-9-25)13-18(27)24-17-7-6-16(21)19(22)20(17)23/h2-7H,8-13H2,1H3,(H,24,27)/p+2. The van der Waals surface area contributed by atoms with Crippen LogP contribution >= 0.6 is 0 Å². The highest BCUT2D eigenvalue weighted by Crippen LogP contribution is 2.19. The van der Waals surface area contributed by atoms with Gasteiger partial charge in [-0.25, -0.2) is 13.2 Å². The van der Waals surface area contributed by atoms with Gasteiger partial charge in [-0.3, -0.25) is 4.79 Å². The number of hydrogen-bond acceptors (Lipinski definition) is 2. The quantitative estimate of drug-likeness (QED) is 0.605. The van der Waals surface area contributed by atoms with Crippen molar-refractivity contribution in [1.29, 1.82) is 0 Å². The van der Waals surface area contributed by atoms with E-state index in [1.165, 1.54) is 10.5 Å². The number of carbonyl (C=O) groups is 1. The number of anilines is 1. The van der Waals surface area contributed by atoms with Gasteiger partial charge in [-0.15, -0.1) is 0 Å². The summed E-state index contributed by atoms with van der Waals surface area (Å²) >= 11 is 0. The van der Waals surface area contributed by atoms with Crippen LogP contribution in [0.5, 0.6) is 5.75 Å². The van der Waals surface area contributed by atoms with Crippen molar-refractivity contribution in [2.45, 2.75) is 6.54 Å². The maximum atomic E-state index is 13.7. The molecule has 0 unspecified atom stereocenters. The number of piperazine rings is 1. The fourth-order valence-electron chi connectivity index (χ4n) is 3.39. The lowest BCUT2D eigenvalue weighted by atomic mass is 10.2. The van der Waals surface area contributed by atoms with E-state index in [0.717, 1.165) is 55.5 Å². The first kappa shape index (κ1) is 20.2. The van der Waals surface area contributed by atoms with Crippen molar-refractivity contribution in [3.05, 3.63) is 59.4 Å². The number of quaternary nitrogens is 2. The Morgan fingerprint density at radius 2 is 1.61 bits per heavy atom. The molecule has 2 aromatic rings. The van der Waals surface area contributed by atoms with E-state index in [2.05, 4.69) is 17.4 Å². The lowest BCUT2D eigenvalue weighted by molar-refractivity contribution is -1.02. The van der Waals surface area contributed by atoms with E-state index in [-0.39, 0.29) is 12.2 Å². The van der Waals surface area contributed by atoms with Crippen LogP contribution in [0.3, 0.4) is 0 Å². The lowest BCUT2D eigenvalue weighted by Crippen LogP contribution is -3.28. The molecule has 8 heteroatoms. The van der Waals surface area contributed by atoms with Crippen LogP contribution in [0.4, 0.5) is 18.9 Å². The van der Waals surface area contributed by atoms with Crippen molar-refractivity contribution >= 4 is 11.6 Å². The van der Waals surface area contributed by atoms with Crippen LogP contribution in [0.15, 0.2) is 36.4 Å². The SMILES string of the molecule is COc1ccc(C[NH+]2CC[NH+](CC(=O)Nc3ccc(F)c(F)c3F)CC2)cc1. The van der Waals surface area contributed by atoms with Gasteiger partial charge < -0.3 is 19.9 Å². The molecule has 0 spiro atoms. The monoisotopic (exact) mass is 395 g/mol. The Hall–Kier alpha value is -2.58. The maximum absolute atomic E-state index is 13.7. The first-order valence-electron chi connectivity index (χ1n) is 9.19. The van der Waals surface area contributed by atoms with Crippen LogP contribution < -0.4 is 19.9 Å². The van der Waals surface area contributed by atoms with Gasteiger partial charge in [-0.2, -0.15) is 0 Å². The van der Waals surface area contributed by atoms with Gasteiger partial charge in [0.15, 0.2) is 24.0 Å². The molecule has 1 heterocycles. The molecule has 3 rings (SSSR count). The Bertz CT molecular complexity index is 822. The van der Waals surface area contributed by atoms with Crippen molar-refractivity contribution in [3.63, 3.8) is 0 Å². The molecule has 0 atom stereocenters. The second kappa shape index (κ2) is 9.07. The highest BCUT2D eigenvalue weighted by molar-refractivity contribution is 5.91. The predicted octanol–water partition coefficient (Wildman–Crippen LogP) is 0.0346. The Morgan fingerprint density at radius 1 is 0.964 bits per heavy atom. The average molecular weight is 395 g/mol. The number of rotatable bonds is 6. The minimum atomic E-state index is -1.58. The van der Waals surface area contributed by atoms with Gasteiger partial charge in [-0.1, -0.05) is 0 Å². The molecule has 5 nitrogen and oxygen atoms in total. The third-order valence-corrected chi connectivity index (χ3v) is 5.00. The first-order valence-corrected chi connectivity index (χ1v) is 9.19. The largest absolute Gasteiger partial charge is 0.497 e. The van der Waals surface area contributed by atoms with Gasteiger partial charge in [0.05, 0.1) is 12.8 Å². The zero-order valence-corrected chi connectivity index (χ0v) is 15.7. The van der Waals surface area contributed by atoms with Gasteiger partial charge >= 0.3 is 0 Å². The minimum Gasteiger partial charge on any atom is -0.497 e. The van der Waals surface area contributed by atoms with E-state index in [4.69, 9.17) is 4.74 Å². The third-order valence-electron chi connectivity index (χ3n) is 5.00. The van der Waals surface area contributed by atoms with Crippen LogP contribution in [0.2, 0.25) is 0 Å². The summed E-state index contributed by atoms with van der Waals surface area (Å²) in [5, 5.41) is 2.33. The molecule has 0 aliphatic carbocycles. The van der Waals surface area contributed by atoms with Gasteiger partial charge in [0.1, 0.15) is 38.5 Å². The number of hydrogen-bond donors (Lipinski definition) is 3. The number of nitrogens with one attached hydrogen (secondary N) is 3. The van der Waals surface area contributed by atoms with Crippen molar-refractivity contribution in [2.24, 2.45) is 0 Å². The molecule has 2 aromatic carbocycles. The fourth-order valence-corrected chi connectivity index (χ4v) is 3.39. The molecule has 28 heavy (non-hydrogen) atoms. The average Bonchev–Trinajstić information content (AvgIpc) is 2.70. The van der Waals surface area contributed by atoms with E-state index in [1.54, 1.807) is 7.11 Å². The highest BCUT2D eigenvalue weighted by Gasteiger charge is 2.25. The zero-order valence-electron chi connectivity index (χ0n) is 15.7. The van der Waals surface area contributed by atoms with E-state index in [0.29, 0.717) is 0 Å². The van der Waals surface area contributed by atoms with Crippen LogP contribution in [0.25, 0.3) is 0 Å². The molecule has 0 saturated carbocycles. The second-order valence-corrected chi connectivity index (χ2v) is 6.97. The van der Waals surface area contributed by atoms with Crippen molar-refractivity contribution in [3.8, 4) is 5.75 Å². The van der Waals surface area contributed by atoms with Gasteiger partial charge in [0.25, 0.3) is 5.91 Å². The van der Waals surface area contributed by atoms with Gasteiger partial charge in [0.2, 0.25) is 0 Å². The van der Waals surface area contributed by atoms with Crippen LogP contribution in [-0.2, 0) is 11.3 Å². The second-order valence-electron chi connectivity index (χ2n) is 6.97. The topological polar surface area (TPSA) is 47.2 Å². The molecule has 1 aliphatic rings. The molecule has 1 fully saturated rings. The summed E-state index contributed by atoms with van der Waals surface area (Å²) in [5.41, 5.74) is 0.887. The Labute approximate surface area is 161 Å². The molecule has 0 aromatic heterocycles. The van der Waals surface area contributed by atoms with Crippen molar-refractivity contribution in [1.82, 2.24) is 0 Å². The van der Waals surface area contributed by atoms with E-state index < -0.39 is 23.4 Å². The summed E-state index contributed by atoms with van der Waals surface area (Å²) in [6.07, 6.45) is 0. The molecule has 1 saturated heterocycles. The minimum absolute atomic E-state index is 0.161. The van der Waals surface area contributed by atoms with Crippen LogP contribution in [0.1, 0.15) is 5.56 Å². The van der Waals surface area contributed by atoms with E-state index >= 15 is 0 Å². The van der Waals surface area contributed by atoms with E-state index in [1.807, 2.05) is 12.1 Å². The van der Waals surface area contributed by atoms with Crippen LogP contribution in [-0.4, -0.2) is 45.7 Å². The van der Waals surface area contributed by atoms with Crippen molar-refractivity contribution in [2.75, 3.05) is 45.2 Å². The summed E-state index contributed by atoms with van der Waals surface area (Å²) in [6, 6.07) is 9.81. The normalized spacial score (nSPS) is 19.3. The molecule has 1 amide bonds. The summed E-state index contributed by atoms with van der Waals surface area (Å²) in [7, 11) is 1.64. The predicted molar refractivity (Wildman–Crippen MR) is 97.9 cm³/mol. The number of benzene rings is 2. The summed E-state index contributed by atoms with van der Waals surface area (Å²) in [5.74, 6) is -3.83.